The van der Waals surface area contributed by atoms with Crippen molar-refractivity contribution in [2.24, 2.45) is 0 Å². The highest BCUT2D eigenvalue weighted by atomic mass is 19.1. The lowest BCUT2D eigenvalue weighted by Gasteiger charge is -2.09. The Hall–Kier alpha value is -2.23. The monoisotopic (exact) mass is 261 g/mol. The number of carbonyl (C=O) groups excluding carboxylic acids is 1. The van der Waals surface area contributed by atoms with E-state index in [9.17, 15) is 13.6 Å². The van der Waals surface area contributed by atoms with Gasteiger partial charge < -0.3 is 5.32 Å². The van der Waals surface area contributed by atoms with Crippen molar-refractivity contribution in [2.45, 2.75) is 13.8 Å². The van der Waals surface area contributed by atoms with Crippen LogP contribution in [0.15, 0.2) is 36.4 Å². The predicted octanol–water partition coefficient (Wildman–Crippen LogP) is 3.83. The number of halogens is 2. The first-order valence-corrected chi connectivity index (χ1v) is 5.80. The number of amides is 1. The van der Waals surface area contributed by atoms with Crippen LogP contribution >= 0.6 is 0 Å². The molecule has 0 aliphatic heterocycles. The molecule has 0 unspecified atom stereocenters. The van der Waals surface area contributed by atoms with Gasteiger partial charge in [0.25, 0.3) is 5.91 Å². The van der Waals surface area contributed by atoms with E-state index in [1.165, 1.54) is 0 Å². The molecule has 0 aliphatic rings. The molecule has 0 atom stereocenters. The number of hydrogen-bond acceptors (Lipinski definition) is 1. The summed E-state index contributed by atoms with van der Waals surface area (Å²) in [6.07, 6.45) is 0. The van der Waals surface area contributed by atoms with E-state index in [2.05, 4.69) is 5.32 Å². The van der Waals surface area contributed by atoms with E-state index in [0.29, 0.717) is 5.56 Å². The zero-order valence-corrected chi connectivity index (χ0v) is 10.6. The number of carbonyl (C=O) groups is 1. The zero-order chi connectivity index (χ0) is 14.0. The molecule has 2 aromatic carbocycles. The molecule has 0 radical (unpaired) electrons. The largest absolute Gasteiger partial charge is 0.322 e. The number of anilines is 1. The van der Waals surface area contributed by atoms with Crippen LogP contribution in [-0.4, -0.2) is 5.91 Å². The third-order valence-electron chi connectivity index (χ3n) is 2.76. The Morgan fingerprint density at radius 3 is 2.26 bits per heavy atom. The minimum Gasteiger partial charge on any atom is -0.322 e. The second-order valence-electron chi connectivity index (χ2n) is 4.43. The Morgan fingerprint density at radius 1 is 1.00 bits per heavy atom. The molecule has 0 saturated heterocycles. The Morgan fingerprint density at radius 2 is 1.63 bits per heavy atom. The van der Waals surface area contributed by atoms with Crippen molar-refractivity contribution >= 4 is 11.6 Å². The minimum atomic E-state index is -0.726. The zero-order valence-electron chi connectivity index (χ0n) is 10.6. The van der Waals surface area contributed by atoms with E-state index in [1.54, 1.807) is 13.0 Å². The second-order valence-corrected chi connectivity index (χ2v) is 4.43. The van der Waals surface area contributed by atoms with Gasteiger partial charge in [-0.3, -0.25) is 4.79 Å². The third kappa shape index (κ3) is 3.16. The molecule has 0 aliphatic carbocycles. The molecule has 19 heavy (non-hydrogen) atoms. The first-order valence-electron chi connectivity index (χ1n) is 5.80. The van der Waals surface area contributed by atoms with Crippen LogP contribution in [0.1, 0.15) is 21.5 Å². The number of benzene rings is 2. The van der Waals surface area contributed by atoms with E-state index in [0.717, 1.165) is 29.3 Å². The van der Waals surface area contributed by atoms with Crippen molar-refractivity contribution in [3.05, 3.63) is 64.7 Å². The maximum absolute atomic E-state index is 13.0. The van der Waals surface area contributed by atoms with Crippen LogP contribution in [-0.2, 0) is 0 Å². The average Bonchev–Trinajstić information content (AvgIpc) is 2.30. The van der Waals surface area contributed by atoms with E-state index in [-0.39, 0.29) is 11.6 Å². The molecule has 1 N–H and O–H groups in total. The van der Waals surface area contributed by atoms with Crippen molar-refractivity contribution in [1.82, 2.24) is 0 Å². The van der Waals surface area contributed by atoms with E-state index >= 15 is 0 Å². The highest BCUT2D eigenvalue weighted by Crippen LogP contribution is 2.16. The van der Waals surface area contributed by atoms with Gasteiger partial charge in [0, 0.05) is 17.3 Å². The topological polar surface area (TPSA) is 29.1 Å². The van der Waals surface area contributed by atoms with Crippen LogP contribution < -0.4 is 5.32 Å². The Kier molecular flexibility index (Phi) is 3.60. The Balaban J connectivity index is 2.28. The molecule has 1 amide bonds. The number of rotatable bonds is 2. The molecule has 0 heterocycles. The Bertz CT molecular complexity index is 618. The van der Waals surface area contributed by atoms with Crippen LogP contribution in [0.2, 0.25) is 0 Å². The molecule has 0 bridgehead atoms. The van der Waals surface area contributed by atoms with E-state index < -0.39 is 11.6 Å². The average molecular weight is 261 g/mol. The second kappa shape index (κ2) is 5.18. The van der Waals surface area contributed by atoms with E-state index in [1.807, 2.05) is 19.1 Å². The number of nitrogens with one attached hydrogen (secondary N) is 1. The standard InChI is InChI=1S/C15H13F2NO/c1-9-3-4-10(2)14(5-9)15(19)18-13-7-11(16)6-12(17)8-13/h3-8H,1-2H3,(H,18,19). The molecular weight excluding hydrogens is 248 g/mol. The van der Waals surface area contributed by atoms with Gasteiger partial charge in [-0.25, -0.2) is 8.78 Å². The fourth-order valence-corrected chi connectivity index (χ4v) is 1.80. The highest BCUT2D eigenvalue weighted by Gasteiger charge is 2.10. The summed E-state index contributed by atoms with van der Waals surface area (Å²) in [5, 5.41) is 2.49. The van der Waals surface area contributed by atoms with Gasteiger partial charge in [0.1, 0.15) is 11.6 Å². The lowest BCUT2D eigenvalue weighted by atomic mass is 10.1. The highest BCUT2D eigenvalue weighted by molar-refractivity contribution is 6.05. The maximum atomic E-state index is 13.0. The fourth-order valence-electron chi connectivity index (χ4n) is 1.80. The lowest BCUT2D eigenvalue weighted by molar-refractivity contribution is 0.102. The van der Waals surface area contributed by atoms with Gasteiger partial charge in [-0.1, -0.05) is 17.7 Å². The SMILES string of the molecule is Cc1ccc(C)c(C(=O)Nc2cc(F)cc(F)c2)c1. The summed E-state index contributed by atoms with van der Waals surface area (Å²) in [5.74, 6) is -1.83. The lowest BCUT2D eigenvalue weighted by Crippen LogP contribution is -2.14. The summed E-state index contributed by atoms with van der Waals surface area (Å²) in [6.45, 7) is 3.68. The molecule has 0 fully saturated rings. The van der Waals surface area contributed by atoms with Crippen LogP contribution in [0.3, 0.4) is 0 Å². The third-order valence-corrected chi connectivity index (χ3v) is 2.76. The van der Waals surface area contributed by atoms with Crippen LogP contribution in [0, 0.1) is 25.5 Å². The first-order chi connectivity index (χ1) is 8.95. The number of hydrogen-bond donors (Lipinski definition) is 1. The van der Waals surface area contributed by atoms with Gasteiger partial charge in [-0.2, -0.15) is 0 Å². The van der Waals surface area contributed by atoms with Gasteiger partial charge >= 0.3 is 0 Å². The van der Waals surface area contributed by atoms with Crippen molar-refractivity contribution in [2.75, 3.05) is 5.32 Å². The van der Waals surface area contributed by atoms with Crippen LogP contribution in [0.25, 0.3) is 0 Å². The molecule has 4 heteroatoms. The van der Waals surface area contributed by atoms with Gasteiger partial charge in [-0.15, -0.1) is 0 Å². The van der Waals surface area contributed by atoms with Gasteiger partial charge in [0.05, 0.1) is 0 Å². The summed E-state index contributed by atoms with van der Waals surface area (Å²) in [7, 11) is 0. The minimum absolute atomic E-state index is 0.100. The van der Waals surface area contributed by atoms with Gasteiger partial charge in [0.2, 0.25) is 0 Å². The van der Waals surface area contributed by atoms with Crippen molar-refractivity contribution < 1.29 is 13.6 Å². The van der Waals surface area contributed by atoms with E-state index in [4.69, 9.17) is 0 Å². The van der Waals surface area contributed by atoms with Crippen molar-refractivity contribution in [3.63, 3.8) is 0 Å². The van der Waals surface area contributed by atoms with Crippen LogP contribution in [0.4, 0.5) is 14.5 Å². The normalized spacial score (nSPS) is 10.3. The molecule has 2 nitrogen and oxygen atoms in total. The fraction of sp³-hybridized carbons (Fsp3) is 0.133. The predicted molar refractivity (Wildman–Crippen MR) is 70.2 cm³/mol. The summed E-state index contributed by atoms with van der Waals surface area (Å²) in [5.41, 5.74) is 2.34. The van der Waals surface area contributed by atoms with Crippen molar-refractivity contribution in [1.29, 1.82) is 0 Å². The molecule has 2 rings (SSSR count). The number of aryl methyl sites for hydroxylation is 2. The molecule has 98 valence electrons. The molecular formula is C15H13F2NO. The van der Waals surface area contributed by atoms with Crippen LogP contribution in [0.5, 0.6) is 0 Å². The molecule has 2 aromatic rings. The van der Waals surface area contributed by atoms with Crippen molar-refractivity contribution in [3.8, 4) is 0 Å². The summed E-state index contributed by atoms with van der Waals surface area (Å²) >= 11 is 0. The molecule has 0 aromatic heterocycles. The Labute approximate surface area is 110 Å². The quantitative estimate of drug-likeness (QED) is 0.874. The smallest absolute Gasteiger partial charge is 0.255 e. The van der Waals surface area contributed by atoms with Gasteiger partial charge in [0.15, 0.2) is 0 Å². The first kappa shape index (κ1) is 13.2. The molecule has 0 saturated carbocycles. The maximum Gasteiger partial charge on any atom is 0.255 e. The summed E-state index contributed by atoms with van der Waals surface area (Å²) < 4.78 is 26.1. The summed E-state index contributed by atoms with van der Waals surface area (Å²) in [6, 6.07) is 8.37. The van der Waals surface area contributed by atoms with Gasteiger partial charge in [-0.05, 0) is 37.6 Å². The summed E-state index contributed by atoms with van der Waals surface area (Å²) in [4.78, 5) is 12.1. The molecule has 0 spiro atoms.